The van der Waals surface area contributed by atoms with Crippen LogP contribution >= 0.6 is 0 Å². The number of aldehydes is 1. The number of hydrogen-bond donors (Lipinski definition) is 0. The standard InChI is InChI=1S/C6H5FN2O/c7-1-6-8-2-5(4-10)3-9-6/h2-4H,1H2. The first-order valence-corrected chi connectivity index (χ1v) is 2.69. The molecule has 0 saturated carbocycles. The highest BCUT2D eigenvalue weighted by Gasteiger charge is 1.93. The second-order valence-electron chi connectivity index (χ2n) is 1.68. The molecule has 0 N–H and O–H groups in total. The van der Waals surface area contributed by atoms with Crippen LogP contribution in [0.25, 0.3) is 0 Å². The molecule has 0 aromatic carbocycles. The minimum Gasteiger partial charge on any atom is -0.298 e. The zero-order valence-corrected chi connectivity index (χ0v) is 5.12. The van der Waals surface area contributed by atoms with Gasteiger partial charge in [0, 0.05) is 12.4 Å². The Bertz CT molecular complexity index is 222. The Labute approximate surface area is 56.9 Å². The normalized spacial score (nSPS) is 9.30. The molecule has 10 heavy (non-hydrogen) atoms. The van der Waals surface area contributed by atoms with Crippen molar-refractivity contribution in [3.05, 3.63) is 23.8 Å². The Morgan fingerprint density at radius 1 is 1.50 bits per heavy atom. The van der Waals surface area contributed by atoms with E-state index in [1.54, 1.807) is 0 Å². The lowest BCUT2D eigenvalue weighted by atomic mass is 10.4. The molecule has 0 aliphatic carbocycles. The molecule has 0 fully saturated rings. The van der Waals surface area contributed by atoms with Crippen molar-refractivity contribution >= 4 is 6.29 Å². The van der Waals surface area contributed by atoms with E-state index >= 15 is 0 Å². The Kier molecular flexibility index (Phi) is 2.04. The summed E-state index contributed by atoms with van der Waals surface area (Å²) in [6.07, 6.45) is 3.19. The predicted molar refractivity (Wildman–Crippen MR) is 32.2 cm³/mol. The number of alkyl halides is 1. The fraction of sp³-hybridized carbons (Fsp3) is 0.167. The average molecular weight is 140 g/mol. The predicted octanol–water partition coefficient (Wildman–Crippen LogP) is 0.759. The van der Waals surface area contributed by atoms with Gasteiger partial charge in [-0.25, -0.2) is 14.4 Å². The van der Waals surface area contributed by atoms with E-state index < -0.39 is 6.67 Å². The zero-order valence-electron chi connectivity index (χ0n) is 5.12. The fourth-order valence-electron chi connectivity index (χ4n) is 0.495. The maximum absolute atomic E-state index is 11.7. The summed E-state index contributed by atoms with van der Waals surface area (Å²) < 4.78 is 11.7. The zero-order chi connectivity index (χ0) is 7.40. The lowest BCUT2D eigenvalue weighted by molar-refractivity contribution is 0.112. The van der Waals surface area contributed by atoms with Crippen molar-refractivity contribution in [2.24, 2.45) is 0 Å². The van der Waals surface area contributed by atoms with Crippen LogP contribution in [0, 0.1) is 0 Å². The number of hydrogen-bond acceptors (Lipinski definition) is 3. The van der Waals surface area contributed by atoms with Gasteiger partial charge in [0.1, 0.15) is 6.67 Å². The lowest BCUT2D eigenvalue weighted by Gasteiger charge is -1.90. The van der Waals surface area contributed by atoms with Gasteiger partial charge in [-0.3, -0.25) is 4.79 Å². The highest BCUT2D eigenvalue weighted by Crippen LogP contribution is 1.93. The van der Waals surface area contributed by atoms with Crippen molar-refractivity contribution < 1.29 is 9.18 Å². The molecule has 0 spiro atoms. The van der Waals surface area contributed by atoms with Gasteiger partial charge < -0.3 is 0 Å². The summed E-state index contributed by atoms with van der Waals surface area (Å²) in [5.41, 5.74) is 0.359. The highest BCUT2D eigenvalue weighted by atomic mass is 19.1. The minimum atomic E-state index is -0.695. The number of aromatic nitrogens is 2. The van der Waals surface area contributed by atoms with E-state index in [2.05, 4.69) is 9.97 Å². The van der Waals surface area contributed by atoms with Crippen molar-refractivity contribution in [3.8, 4) is 0 Å². The summed E-state index contributed by atoms with van der Waals surface area (Å²) in [6.45, 7) is -0.695. The SMILES string of the molecule is O=Cc1cnc(CF)nc1. The van der Waals surface area contributed by atoms with Crippen molar-refractivity contribution in [2.75, 3.05) is 0 Å². The lowest BCUT2D eigenvalue weighted by Crippen LogP contribution is -1.92. The van der Waals surface area contributed by atoms with Gasteiger partial charge in [0.2, 0.25) is 0 Å². The molecule has 1 rings (SSSR count). The summed E-state index contributed by atoms with van der Waals surface area (Å²) in [5, 5.41) is 0. The van der Waals surface area contributed by atoms with E-state index in [1.807, 2.05) is 0 Å². The first-order valence-electron chi connectivity index (χ1n) is 2.69. The van der Waals surface area contributed by atoms with E-state index in [-0.39, 0.29) is 5.82 Å². The molecule has 0 saturated heterocycles. The number of carbonyl (C=O) groups excluding carboxylic acids is 1. The van der Waals surface area contributed by atoms with Crippen LogP contribution in [-0.4, -0.2) is 16.3 Å². The number of halogens is 1. The molecule has 0 atom stereocenters. The molecule has 0 unspecified atom stereocenters. The first kappa shape index (κ1) is 6.80. The molecule has 0 bridgehead atoms. The van der Waals surface area contributed by atoms with E-state index in [0.29, 0.717) is 11.8 Å². The molecule has 1 aromatic heterocycles. The quantitative estimate of drug-likeness (QED) is 0.569. The minimum absolute atomic E-state index is 0.102. The monoisotopic (exact) mass is 140 g/mol. The smallest absolute Gasteiger partial charge is 0.159 e. The summed E-state index contributed by atoms with van der Waals surface area (Å²) in [4.78, 5) is 17.1. The van der Waals surface area contributed by atoms with Gasteiger partial charge in [-0.05, 0) is 0 Å². The summed E-state index contributed by atoms with van der Waals surface area (Å²) in [6, 6.07) is 0. The van der Waals surface area contributed by atoms with Crippen LogP contribution in [0.2, 0.25) is 0 Å². The molecule has 1 aromatic rings. The average Bonchev–Trinajstić information content (AvgIpc) is 2.05. The van der Waals surface area contributed by atoms with Crippen molar-refractivity contribution in [1.29, 1.82) is 0 Å². The van der Waals surface area contributed by atoms with Gasteiger partial charge in [-0.2, -0.15) is 0 Å². The molecule has 3 nitrogen and oxygen atoms in total. The summed E-state index contributed by atoms with van der Waals surface area (Å²) in [7, 11) is 0. The molecular weight excluding hydrogens is 135 g/mol. The van der Waals surface area contributed by atoms with E-state index in [9.17, 15) is 9.18 Å². The largest absolute Gasteiger partial charge is 0.298 e. The van der Waals surface area contributed by atoms with Crippen molar-refractivity contribution in [3.63, 3.8) is 0 Å². The van der Waals surface area contributed by atoms with Gasteiger partial charge in [0.15, 0.2) is 12.1 Å². The molecule has 0 aliphatic rings. The molecule has 0 amide bonds. The fourth-order valence-corrected chi connectivity index (χ4v) is 0.495. The molecular formula is C6H5FN2O. The summed E-state index contributed by atoms with van der Waals surface area (Å²) in [5.74, 6) is 0.102. The molecule has 1 heterocycles. The third kappa shape index (κ3) is 1.34. The highest BCUT2D eigenvalue weighted by molar-refractivity contribution is 5.73. The Balaban J connectivity index is 2.90. The Morgan fingerprint density at radius 2 is 2.10 bits per heavy atom. The van der Waals surface area contributed by atoms with Crippen molar-refractivity contribution in [1.82, 2.24) is 9.97 Å². The Hall–Kier alpha value is -1.32. The molecule has 4 heteroatoms. The molecule has 0 aliphatic heterocycles. The van der Waals surface area contributed by atoms with E-state index in [0.717, 1.165) is 0 Å². The van der Waals surface area contributed by atoms with Gasteiger partial charge in [-0.15, -0.1) is 0 Å². The summed E-state index contributed by atoms with van der Waals surface area (Å²) >= 11 is 0. The van der Waals surface area contributed by atoms with Crippen LogP contribution in [0.1, 0.15) is 16.2 Å². The van der Waals surface area contributed by atoms with Crippen molar-refractivity contribution in [2.45, 2.75) is 6.67 Å². The van der Waals surface area contributed by atoms with Crippen LogP contribution in [0.3, 0.4) is 0 Å². The van der Waals surface area contributed by atoms with E-state index in [1.165, 1.54) is 12.4 Å². The van der Waals surface area contributed by atoms with Gasteiger partial charge in [-0.1, -0.05) is 0 Å². The third-order valence-electron chi connectivity index (χ3n) is 0.981. The van der Waals surface area contributed by atoms with Gasteiger partial charge in [0.05, 0.1) is 5.56 Å². The Morgan fingerprint density at radius 3 is 2.50 bits per heavy atom. The maximum Gasteiger partial charge on any atom is 0.159 e. The number of carbonyl (C=O) groups is 1. The van der Waals surface area contributed by atoms with Gasteiger partial charge in [0.25, 0.3) is 0 Å². The topological polar surface area (TPSA) is 42.9 Å². The second kappa shape index (κ2) is 3.00. The third-order valence-corrected chi connectivity index (χ3v) is 0.981. The maximum atomic E-state index is 11.7. The van der Waals surface area contributed by atoms with Crippen LogP contribution in [0.15, 0.2) is 12.4 Å². The van der Waals surface area contributed by atoms with Crippen LogP contribution < -0.4 is 0 Å². The second-order valence-corrected chi connectivity index (χ2v) is 1.68. The van der Waals surface area contributed by atoms with Gasteiger partial charge >= 0.3 is 0 Å². The molecule has 0 radical (unpaired) electrons. The van der Waals surface area contributed by atoms with E-state index in [4.69, 9.17) is 0 Å². The first-order chi connectivity index (χ1) is 4.86. The van der Waals surface area contributed by atoms with Crippen LogP contribution in [0.4, 0.5) is 4.39 Å². The number of nitrogens with zero attached hydrogens (tertiary/aromatic N) is 2. The van der Waals surface area contributed by atoms with Crippen LogP contribution in [-0.2, 0) is 6.67 Å². The molecule has 52 valence electrons. The number of rotatable bonds is 2. The van der Waals surface area contributed by atoms with Crippen LogP contribution in [0.5, 0.6) is 0 Å².